The monoisotopic (exact) mass is 303 g/mol. The van der Waals surface area contributed by atoms with Crippen molar-refractivity contribution in [1.29, 1.82) is 0 Å². The predicted octanol–water partition coefficient (Wildman–Crippen LogP) is 2.14. The van der Waals surface area contributed by atoms with Crippen molar-refractivity contribution in [3.63, 3.8) is 0 Å². The van der Waals surface area contributed by atoms with E-state index in [4.69, 9.17) is 16.3 Å². The van der Waals surface area contributed by atoms with E-state index in [2.05, 4.69) is 0 Å². The van der Waals surface area contributed by atoms with Crippen LogP contribution in [0.4, 0.5) is 0 Å². The van der Waals surface area contributed by atoms with Crippen molar-refractivity contribution in [2.75, 3.05) is 33.6 Å². The van der Waals surface area contributed by atoms with Gasteiger partial charge < -0.3 is 14.7 Å². The summed E-state index contributed by atoms with van der Waals surface area (Å²) in [5, 5.41) is 10.0. The van der Waals surface area contributed by atoms with Gasteiger partial charge in [-0.15, -0.1) is 11.8 Å². The highest BCUT2D eigenvalue weighted by Gasteiger charge is 2.18. The zero-order chi connectivity index (χ0) is 14.4. The van der Waals surface area contributed by atoms with Crippen molar-refractivity contribution in [3.8, 4) is 0 Å². The summed E-state index contributed by atoms with van der Waals surface area (Å²) in [5.74, 6) is -0.212. The van der Waals surface area contributed by atoms with Crippen LogP contribution in [0.5, 0.6) is 0 Å². The Kier molecular flexibility index (Phi) is 6.65. The summed E-state index contributed by atoms with van der Waals surface area (Å²) in [6.07, 6.45) is 1.23. The van der Waals surface area contributed by atoms with E-state index < -0.39 is 6.10 Å². The SMILES string of the molecule is COCC(O)CN(C)C(=O)c1cc(SC)ccc1Cl. The van der Waals surface area contributed by atoms with Crippen molar-refractivity contribution < 1.29 is 14.6 Å². The van der Waals surface area contributed by atoms with Crippen LogP contribution in [-0.2, 0) is 4.74 Å². The van der Waals surface area contributed by atoms with Crippen molar-refractivity contribution in [2.24, 2.45) is 0 Å². The van der Waals surface area contributed by atoms with Crippen LogP contribution in [0.1, 0.15) is 10.4 Å². The van der Waals surface area contributed by atoms with Crippen molar-refractivity contribution in [3.05, 3.63) is 28.8 Å². The Hall–Kier alpha value is -0.750. The lowest BCUT2D eigenvalue weighted by atomic mass is 10.2. The van der Waals surface area contributed by atoms with E-state index in [1.165, 1.54) is 12.0 Å². The smallest absolute Gasteiger partial charge is 0.255 e. The van der Waals surface area contributed by atoms with Gasteiger partial charge in [0.25, 0.3) is 5.91 Å². The molecule has 106 valence electrons. The molecule has 19 heavy (non-hydrogen) atoms. The van der Waals surface area contributed by atoms with E-state index >= 15 is 0 Å². The molecule has 0 radical (unpaired) electrons. The van der Waals surface area contributed by atoms with E-state index in [0.29, 0.717) is 10.6 Å². The minimum absolute atomic E-state index is 0.191. The molecule has 0 spiro atoms. The van der Waals surface area contributed by atoms with Crippen molar-refractivity contribution in [2.45, 2.75) is 11.0 Å². The van der Waals surface area contributed by atoms with Crippen LogP contribution in [0.3, 0.4) is 0 Å². The highest BCUT2D eigenvalue weighted by Crippen LogP contribution is 2.24. The first-order valence-corrected chi connectivity index (χ1v) is 7.35. The number of thioether (sulfide) groups is 1. The molecule has 4 nitrogen and oxygen atoms in total. The van der Waals surface area contributed by atoms with Crippen LogP contribution in [0.25, 0.3) is 0 Å². The number of amides is 1. The first kappa shape index (κ1) is 16.3. The molecule has 1 aromatic carbocycles. The number of carbonyl (C=O) groups is 1. The van der Waals surface area contributed by atoms with Crippen molar-refractivity contribution >= 4 is 29.3 Å². The Bertz CT molecular complexity index is 442. The summed E-state index contributed by atoms with van der Waals surface area (Å²) in [7, 11) is 3.13. The molecule has 6 heteroatoms. The predicted molar refractivity (Wildman–Crippen MR) is 78.1 cm³/mol. The minimum atomic E-state index is -0.707. The van der Waals surface area contributed by atoms with E-state index in [9.17, 15) is 9.90 Å². The summed E-state index contributed by atoms with van der Waals surface area (Å²) in [5.41, 5.74) is 0.445. The maximum Gasteiger partial charge on any atom is 0.255 e. The molecule has 0 saturated carbocycles. The fraction of sp³-hybridized carbons (Fsp3) is 0.462. The highest BCUT2D eigenvalue weighted by molar-refractivity contribution is 7.98. The molecular weight excluding hydrogens is 286 g/mol. The zero-order valence-corrected chi connectivity index (χ0v) is 12.8. The summed E-state index contributed by atoms with van der Waals surface area (Å²) in [6.45, 7) is 0.392. The van der Waals surface area contributed by atoms with Gasteiger partial charge >= 0.3 is 0 Å². The first-order chi connectivity index (χ1) is 8.99. The second kappa shape index (κ2) is 7.75. The number of methoxy groups -OCH3 is 1. The topological polar surface area (TPSA) is 49.8 Å². The van der Waals surface area contributed by atoms with Gasteiger partial charge in [0, 0.05) is 25.6 Å². The molecule has 1 unspecified atom stereocenters. The molecule has 0 aromatic heterocycles. The van der Waals surface area contributed by atoms with E-state index in [1.54, 1.807) is 30.9 Å². The minimum Gasteiger partial charge on any atom is -0.389 e. The molecule has 1 atom stereocenters. The Morgan fingerprint density at radius 3 is 2.84 bits per heavy atom. The average molecular weight is 304 g/mol. The molecular formula is C13H18ClNO3S. The van der Waals surface area contributed by atoms with E-state index in [-0.39, 0.29) is 19.1 Å². The number of rotatable bonds is 6. The lowest BCUT2D eigenvalue weighted by molar-refractivity contribution is 0.0380. The van der Waals surface area contributed by atoms with Gasteiger partial charge in [-0.3, -0.25) is 4.79 Å². The molecule has 0 aliphatic heterocycles. The molecule has 0 aliphatic carbocycles. The number of likely N-dealkylation sites (N-methyl/N-ethyl adjacent to an activating group) is 1. The van der Waals surface area contributed by atoms with Crippen LogP contribution < -0.4 is 0 Å². The van der Waals surface area contributed by atoms with Gasteiger partial charge in [-0.1, -0.05) is 11.6 Å². The Morgan fingerprint density at radius 1 is 1.58 bits per heavy atom. The number of halogens is 1. The molecule has 1 rings (SSSR count). The summed E-state index contributed by atoms with van der Waals surface area (Å²) in [4.78, 5) is 14.7. The largest absolute Gasteiger partial charge is 0.389 e. The third-order valence-corrected chi connectivity index (χ3v) is 3.65. The third-order valence-electron chi connectivity index (χ3n) is 2.59. The Morgan fingerprint density at radius 2 is 2.26 bits per heavy atom. The molecule has 0 bridgehead atoms. The zero-order valence-electron chi connectivity index (χ0n) is 11.2. The van der Waals surface area contributed by atoms with Gasteiger partial charge in [0.2, 0.25) is 0 Å². The fourth-order valence-electron chi connectivity index (χ4n) is 1.65. The van der Waals surface area contributed by atoms with Crippen LogP contribution in [-0.4, -0.2) is 55.6 Å². The molecule has 0 fully saturated rings. The third kappa shape index (κ3) is 4.69. The standard InChI is InChI=1S/C13H18ClNO3S/c1-15(7-9(16)8-18-2)13(17)11-6-10(19-3)4-5-12(11)14/h4-6,9,16H,7-8H2,1-3H3. The quantitative estimate of drug-likeness (QED) is 0.818. The highest BCUT2D eigenvalue weighted by atomic mass is 35.5. The van der Waals surface area contributed by atoms with E-state index in [0.717, 1.165) is 4.90 Å². The summed E-state index contributed by atoms with van der Waals surface area (Å²) < 4.78 is 4.83. The maximum absolute atomic E-state index is 12.3. The normalized spacial score (nSPS) is 12.3. The van der Waals surface area contributed by atoms with Gasteiger partial charge in [-0.05, 0) is 24.5 Å². The van der Waals surface area contributed by atoms with Crippen LogP contribution in [0.2, 0.25) is 5.02 Å². The molecule has 0 aliphatic rings. The molecule has 1 aromatic rings. The van der Waals surface area contributed by atoms with Gasteiger partial charge in [0.15, 0.2) is 0 Å². The molecule has 1 amide bonds. The van der Waals surface area contributed by atoms with E-state index in [1.807, 2.05) is 12.3 Å². The first-order valence-electron chi connectivity index (χ1n) is 5.75. The number of carbonyl (C=O) groups excluding carboxylic acids is 1. The fourth-order valence-corrected chi connectivity index (χ4v) is 2.28. The number of ether oxygens (including phenoxy) is 1. The van der Waals surface area contributed by atoms with Crippen LogP contribution >= 0.6 is 23.4 Å². The number of aliphatic hydroxyl groups excluding tert-OH is 1. The Labute approximate surface area is 122 Å². The number of hydrogen-bond donors (Lipinski definition) is 1. The summed E-state index contributed by atoms with van der Waals surface area (Å²) in [6, 6.07) is 5.33. The van der Waals surface area contributed by atoms with Crippen LogP contribution in [0, 0.1) is 0 Å². The molecule has 0 saturated heterocycles. The molecule has 0 heterocycles. The second-order valence-electron chi connectivity index (χ2n) is 4.14. The van der Waals surface area contributed by atoms with Gasteiger partial charge in [-0.2, -0.15) is 0 Å². The van der Waals surface area contributed by atoms with Gasteiger partial charge in [0.1, 0.15) is 0 Å². The maximum atomic E-state index is 12.3. The second-order valence-corrected chi connectivity index (χ2v) is 5.43. The lowest BCUT2D eigenvalue weighted by Gasteiger charge is -2.21. The number of nitrogens with zero attached hydrogens (tertiary/aromatic N) is 1. The molecule has 1 N–H and O–H groups in total. The van der Waals surface area contributed by atoms with Gasteiger partial charge in [0.05, 0.1) is 23.3 Å². The average Bonchev–Trinajstić information content (AvgIpc) is 2.38. The lowest BCUT2D eigenvalue weighted by Crippen LogP contribution is -2.36. The number of benzene rings is 1. The van der Waals surface area contributed by atoms with Crippen molar-refractivity contribution in [1.82, 2.24) is 4.90 Å². The Balaban J connectivity index is 2.81. The number of hydrogen-bond acceptors (Lipinski definition) is 4. The van der Waals surface area contributed by atoms with Crippen LogP contribution in [0.15, 0.2) is 23.1 Å². The summed E-state index contributed by atoms with van der Waals surface area (Å²) >= 11 is 7.59. The van der Waals surface area contributed by atoms with Gasteiger partial charge in [-0.25, -0.2) is 0 Å². The number of aliphatic hydroxyl groups is 1.